The number of piperidine rings is 1. The molecule has 3 unspecified atom stereocenters. The second-order valence-corrected chi connectivity index (χ2v) is 6.48. The van der Waals surface area contributed by atoms with Gasteiger partial charge in [0, 0.05) is 25.2 Å². The fraction of sp³-hybridized carbons (Fsp3) is 0.933. The number of carbonyl (C=O) groups is 1. The minimum atomic E-state index is -0.138. The molecule has 0 radical (unpaired) electrons. The van der Waals surface area contributed by atoms with E-state index >= 15 is 0 Å². The molecule has 1 amide bonds. The summed E-state index contributed by atoms with van der Waals surface area (Å²) in [5, 5.41) is 6.69. The van der Waals surface area contributed by atoms with Crippen LogP contribution in [-0.2, 0) is 4.79 Å². The molecule has 0 aromatic rings. The maximum Gasteiger partial charge on any atom is 0.227 e. The van der Waals surface area contributed by atoms with Crippen LogP contribution in [0.1, 0.15) is 46.0 Å². The van der Waals surface area contributed by atoms with E-state index in [9.17, 15) is 4.79 Å². The Balaban J connectivity index is 1.92. The highest BCUT2D eigenvalue weighted by atomic mass is 16.2. The standard InChI is InChI=1S/C15H29N3O/c1-4-6-15(7-8-16-11-15)14(19)17-13-5-9-18(3)12(2)10-13/h12-13,16H,4-11H2,1-3H3,(H,17,19). The van der Waals surface area contributed by atoms with E-state index in [1.807, 2.05) is 0 Å². The van der Waals surface area contributed by atoms with E-state index in [2.05, 4.69) is 36.4 Å². The maximum absolute atomic E-state index is 12.6. The summed E-state index contributed by atoms with van der Waals surface area (Å²) in [7, 11) is 2.17. The molecule has 3 atom stereocenters. The third kappa shape index (κ3) is 3.29. The quantitative estimate of drug-likeness (QED) is 0.808. The number of nitrogens with zero attached hydrogens (tertiary/aromatic N) is 1. The van der Waals surface area contributed by atoms with Gasteiger partial charge in [0.05, 0.1) is 5.41 Å². The number of likely N-dealkylation sites (tertiary alicyclic amines) is 1. The molecule has 2 heterocycles. The van der Waals surface area contributed by atoms with Gasteiger partial charge in [0.1, 0.15) is 0 Å². The van der Waals surface area contributed by atoms with Gasteiger partial charge in [-0.2, -0.15) is 0 Å². The molecular weight excluding hydrogens is 238 g/mol. The smallest absolute Gasteiger partial charge is 0.227 e. The van der Waals surface area contributed by atoms with Crippen LogP contribution in [0.3, 0.4) is 0 Å². The van der Waals surface area contributed by atoms with Crippen LogP contribution >= 0.6 is 0 Å². The summed E-state index contributed by atoms with van der Waals surface area (Å²) < 4.78 is 0. The van der Waals surface area contributed by atoms with E-state index in [0.717, 1.165) is 51.7 Å². The van der Waals surface area contributed by atoms with Crippen molar-refractivity contribution >= 4 is 5.91 Å². The van der Waals surface area contributed by atoms with Crippen molar-refractivity contribution in [3.05, 3.63) is 0 Å². The number of amides is 1. The van der Waals surface area contributed by atoms with E-state index in [1.165, 1.54) is 0 Å². The number of nitrogens with one attached hydrogen (secondary N) is 2. The third-order valence-electron chi connectivity index (χ3n) is 5.00. The first-order valence-electron chi connectivity index (χ1n) is 7.79. The number of hydrogen-bond donors (Lipinski definition) is 2. The summed E-state index contributed by atoms with van der Waals surface area (Å²) in [5.41, 5.74) is -0.138. The molecule has 0 aliphatic carbocycles. The topological polar surface area (TPSA) is 44.4 Å². The lowest BCUT2D eigenvalue weighted by Gasteiger charge is -2.37. The maximum atomic E-state index is 12.6. The average molecular weight is 267 g/mol. The summed E-state index contributed by atoms with van der Waals surface area (Å²) in [6.07, 6.45) is 5.25. The first kappa shape index (κ1) is 14.8. The number of hydrogen-bond acceptors (Lipinski definition) is 3. The zero-order chi connectivity index (χ0) is 13.9. The van der Waals surface area contributed by atoms with Crippen molar-refractivity contribution in [2.45, 2.75) is 58.0 Å². The second-order valence-electron chi connectivity index (χ2n) is 6.48. The summed E-state index contributed by atoms with van der Waals surface area (Å²) >= 11 is 0. The van der Waals surface area contributed by atoms with E-state index in [-0.39, 0.29) is 5.41 Å². The van der Waals surface area contributed by atoms with Crippen molar-refractivity contribution in [1.29, 1.82) is 0 Å². The predicted molar refractivity (Wildman–Crippen MR) is 78.1 cm³/mol. The fourth-order valence-corrected chi connectivity index (χ4v) is 3.50. The molecule has 4 heteroatoms. The Labute approximate surface area is 117 Å². The van der Waals surface area contributed by atoms with Gasteiger partial charge in [0.2, 0.25) is 5.91 Å². The minimum absolute atomic E-state index is 0.138. The molecular formula is C15H29N3O. The molecule has 2 N–H and O–H groups in total. The van der Waals surface area contributed by atoms with Gasteiger partial charge in [-0.3, -0.25) is 4.79 Å². The lowest BCUT2D eigenvalue weighted by atomic mass is 9.81. The van der Waals surface area contributed by atoms with Crippen LogP contribution < -0.4 is 10.6 Å². The van der Waals surface area contributed by atoms with Crippen molar-refractivity contribution in [2.24, 2.45) is 5.41 Å². The molecule has 0 aromatic heterocycles. The molecule has 2 aliphatic rings. The monoisotopic (exact) mass is 267 g/mol. The van der Waals surface area contributed by atoms with Crippen LogP contribution in [0.5, 0.6) is 0 Å². The highest BCUT2D eigenvalue weighted by Crippen LogP contribution is 2.32. The summed E-state index contributed by atoms with van der Waals surface area (Å²) in [4.78, 5) is 15.0. The molecule has 0 aromatic carbocycles. The highest BCUT2D eigenvalue weighted by Gasteiger charge is 2.41. The Bertz CT molecular complexity index is 313. The van der Waals surface area contributed by atoms with Gasteiger partial charge >= 0.3 is 0 Å². The normalized spacial score (nSPS) is 36.4. The van der Waals surface area contributed by atoms with Crippen molar-refractivity contribution in [1.82, 2.24) is 15.5 Å². The molecule has 2 saturated heterocycles. The lowest BCUT2D eigenvalue weighted by molar-refractivity contribution is -0.131. The molecule has 2 aliphatic heterocycles. The Kier molecular flexibility index (Phi) is 4.85. The zero-order valence-electron chi connectivity index (χ0n) is 12.7. The largest absolute Gasteiger partial charge is 0.353 e. The number of carbonyl (C=O) groups excluding carboxylic acids is 1. The average Bonchev–Trinajstić information content (AvgIpc) is 2.84. The van der Waals surface area contributed by atoms with Gasteiger partial charge in [-0.05, 0) is 46.2 Å². The van der Waals surface area contributed by atoms with Crippen LogP contribution in [-0.4, -0.2) is 49.6 Å². The second kappa shape index (κ2) is 6.23. The van der Waals surface area contributed by atoms with Gasteiger partial charge in [-0.15, -0.1) is 0 Å². The van der Waals surface area contributed by atoms with Crippen molar-refractivity contribution in [3.8, 4) is 0 Å². The molecule has 0 saturated carbocycles. The van der Waals surface area contributed by atoms with E-state index in [1.54, 1.807) is 0 Å². The number of rotatable bonds is 4. The molecule has 2 rings (SSSR count). The highest BCUT2D eigenvalue weighted by molar-refractivity contribution is 5.83. The van der Waals surface area contributed by atoms with Crippen LogP contribution in [0.15, 0.2) is 0 Å². The van der Waals surface area contributed by atoms with Gasteiger partial charge < -0.3 is 15.5 Å². The summed E-state index contributed by atoms with van der Waals surface area (Å²) in [5.74, 6) is 0.293. The van der Waals surface area contributed by atoms with Gasteiger partial charge in [-0.25, -0.2) is 0 Å². The Morgan fingerprint density at radius 3 is 2.89 bits per heavy atom. The zero-order valence-corrected chi connectivity index (χ0v) is 12.7. The first-order chi connectivity index (χ1) is 9.07. The van der Waals surface area contributed by atoms with E-state index < -0.39 is 0 Å². The van der Waals surface area contributed by atoms with Gasteiger partial charge in [0.15, 0.2) is 0 Å². The Hall–Kier alpha value is -0.610. The van der Waals surface area contributed by atoms with Crippen LogP contribution in [0.2, 0.25) is 0 Å². The predicted octanol–water partition coefficient (Wildman–Crippen LogP) is 1.37. The van der Waals surface area contributed by atoms with Crippen LogP contribution in [0.4, 0.5) is 0 Å². The molecule has 4 nitrogen and oxygen atoms in total. The lowest BCUT2D eigenvalue weighted by Crippen LogP contribution is -2.51. The van der Waals surface area contributed by atoms with Gasteiger partial charge in [0.25, 0.3) is 0 Å². The van der Waals surface area contributed by atoms with Crippen LogP contribution in [0.25, 0.3) is 0 Å². The van der Waals surface area contributed by atoms with Crippen molar-refractivity contribution < 1.29 is 4.79 Å². The van der Waals surface area contributed by atoms with Crippen molar-refractivity contribution in [3.63, 3.8) is 0 Å². The van der Waals surface area contributed by atoms with E-state index in [4.69, 9.17) is 0 Å². The molecule has 0 spiro atoms. The van der Waals surface area contributed by atoms with Gasteiger partial charge in [-0.1, -0.05) is 13.3 Å². The SMILES string of the molecule is CCCC1(C(=O)NC2CCN(C)C(C)C2)CCNC1. The van der Waals surface area contributed by atoms with Crippen LogP contribution in [0, 0.1) is 5.41 Å². The van der Waals surface area contributed by atoms with E-state index in [0.29, 0.717) is 18.0 Å². The van der Waals surface area contributed by atoms with Crippen molar-refractivity contribution in [2.75, 3.05) is 26.7 Å². The molecule has 19 heavy (non-hydrogen) atoms. The third-order valence-corrected chi connectivity index (χ3v) is 5.00. The molecule has 110 valence electrons. The summed E-state index contributed by atoms with van der Waals surface area (Å²) in [6, 6.07) is 0.941. The first-order valence-corrected chi connectivity index (χ1v) is 7.79. The minimum Gasteiger partial charge on any atom is -0.353 e. The summed E-state index contributed by atoms with van der Waals surface area (Å²) in [6.45, 7) is 7.35. The Morgan fingerprint density at radius 2 is 2.32 bits per heavy atom. The fourth-order valence-electron chi connectivity index (χ4n) is 3.50. The molecule has 2 fully saturated rings. The Morgan fingerprint density at radius 1 is 1.53 bits per heavy atom. The molecule has 0 bridgehead atoms.